The molecule has 0 aliphatic heterocycles. The van der Waals surface area contributed by atoms with Crippen molar-refractivity contribution in [2.75, 3.05) is 0 Å². The molecular weight excluding hydrogens is 204 g/mol. The lowest BCUT2D eigenvalue weighted by Gasteiger charge is -2.03. The van der Waals surface area contributed by atoms with E-state index in [-0.39, 0.29) is 0 Å². The Morgan fingerprint density at radius 2 is 2.31 bits per heavy atom. The van der Waals surface area contributed by atoms with Gasteiger partial charge in [-0.15, -0.1) is 0 Å². The number of rotatable bonds is 4. The molecule has 0 spiro atoms. The second-order valence-corrected chi connectivity index (χ2v) is 4.06. The Labute approximate surface area is 94.5 Å². The zero-order chi connectivity index (χ0) is 11.5. The van der Waals surface area contributed by atoms with Gasteiger partial charge in [0.1, 0.15) is 6.26 Å². The first-order valence-electron chi connectivity index (χ1n) is 5.35. The first-order chi connectivity index (χ1) is 7.65. The van der Waals surface area contributed by atoms with Gasteiger partial charge in [-0.25, -0.2) is 0 Å². The summed E-state index contributed by atoms with van der Waals surface area (Å²) in [6, 6.07) is 2.86. The topological polar surface area (TPSA) is 55.9 Å². The Balaban J connectivity index is 2.07. The van der Waals surface area contributed by atoms with Gasteiger partial charge < -0.3 is 9.73 Å². The van der Waals surface area contributed by atoms with Crippen LogP contribution in [0.2, 0.25) is 0 Å². The third-order valence-electron chi connectivity index (χ3n) is 2.15. The van der Waals surface area contributed by atoms with Crippen LogP contribution in [0.15, 0.2) is 22.9 Å². The highest BCUT2D eigenvalue weighted by atomic mass is 16.4. The van der Waals surface area contributed by atoms with Crippen LogP contribution in [0, 0.1) is 6.92 Å². The molecule has 16 heavy (non-hydrogen) atoms. The van der Waals surface area contributed by atoms with Gasteiger partial charge in [-0.3, -0.25) is 0 Å². The molecule has 5 nitrogen and oxygen atoms in total. The van der Waals surface area contributed by atoms with Crippen LogP contribution in [0.4, 0.5) is 0 Å². The van der Waals surface area contributed by atoms with Crippen molar-refractivity contribution in [1.82, 2.24) is 20.1 Å². The van der Waals surface area contributed by atoms with E-state index in [4.69, 9.17) is 4.42 Å². The molecule has 0 aromatic carbocycles. The fourth-order valence-corrected chi connectivity index (χ4v) is 1.31. The van der Waals surface area contributed by atoms with Gasteiger partial charge in [-0.2, -0.15) is 14.8 Å². The van der Waals surface area contributed by atoms with Crippen molar-refractivity contribution in [3.05, 3.63) is 29.9 Å². The molecule has 0 unspecified atom stereocenters. The van der Waals surface area contributed by atoms with E-state index in [0.717, 1.165) is 11.4 Å². The molecule has 0 saturated carbocycles. The van der Waals surface area contributed by atoms with Gasteiger partial charge in [0.25, 0.3) is 0 Å². The van der Waals surface area contributed by atoms with Gasteiger partial charge in [-0.1, -0.05) is 13.8 Å². The van der Waals surface area contributed by atoms with Crippen LogP contribution in [0.5, 0.6) is 0 Å². The molecule has 1 N–H and O–H groups in total. The zero-order valence-electron chi connectivity index (χ0n) is 9.77. The Morgan fingerprint density at radius 3 is 2.94 bits per heavy atom. The number of hydrogen-bond acceptors (Lipinski definition) is 4. The average molecular weight is 220 g/mol. The Bertz CT molecular complexity index is 458. The lowest BCUT2D eigenvalue weighted by molar-refractivity contribution is 0.507. The van der Waals surface area contributed by atoms with Gasteiger partial charge in [0.05, 0.1) is 11.4 Å². The second kappa shape index (κ2) is 4.49. The molecule has 0 aliphatic rings. The van der Waals surface area contributed by atoms with Crippen LogP contribution in [-0.2, 0) is 6.54 Å². The summed E-state index contributed by atoms with van der Waals surface area (Å²) in [5.74, 6) is 0. The zero-order valence-corrected chi connectivity index (χ0v) is 9.77. The maximum absolute atomic E-state index is 5.35. The van der Waals surface area contributed by atoms with Gasteiger partial charge in [0, 0.05) is 18.8 Å². The molecule has 0 saturated heterocycles. The van der Waals surface area contributed by atoms with Crippen LogP contribution in [0.3, 0.4) is 0 Å². The maximum Gasteiger partial charge on any atom is 0.322 e. The van der Waals surface area contributed by atoms with Crippen LogP contribution in [-0.4, -0.2) is 20.8 Å². The molecule has 2 aromatic heterocycles. The Morgan fingerprint density at radius 1 is 1.50 bits per heavy atom. The highest BCUT2D eigenvalue weighted by Gasteiger charge is 2.06. The van der Waals surface area contributed by atoms with E-state index in [1.807, 2.05) is 19.2 Å². The van der Waals surface area contributed by atoms with Crippen molar-refractivity contribution in [2.45, 2.75) is 33.4 Å². The summed E-state index contributed by atoms with van der Waals surface area (Å²) < 4.78 is 6.98. The number of nitrogens with one attached hydrogen (secondary N) is 1. The van der Waals surface area contributed by atoms with Crippen molar-refractivity contribution in [3.8, 4) is 6.01 Å². The summed E-state index contributed by atoms with van der Waals surface area (Å²) in [6.45, 7) is 6.83. The summed E-state index contributed by atoms with van der Waals surface area (Å²) in [7, 11) is 0. The van der Waals surface area contributed by atoms with E-state index < -0.39 is 0 Å². The number of nitrogens with zero attached hydrogens (tertiary/aromatic N) is 3. The third kappa shape index (κ3) is 2.49. The van der Waals surface area contributed by atoms with Crippen molar-refractivity contribution < 1.29 is 4.42 Å². The monoisotopic (exact) mass is 220 g/mol. The second-order valence-electron chi connectivity index (χ2n) is 4.06. The largest absolute Gasteiger partial charge is 0.430 e. The van der Waals surface area contributed by atoms with Crippen molar-refractivity contribution in [3.63, 3.8) is 0 Å². The highest BCUT2D eigenvalue weighted by molar-refractivity contribution is 5.11. The summed E-state index contributed by atoms with van der Waals surface area (Å²) in [5.41, 5.74) is 1.83. The molecule has 0 aliphatic carbocycles. The van der Waals surface area contributed by atoms with E-state index in [0.29, 0.717) is 18.6 Å². The van der Waals surface area contributed by atoms with E-state index in [1.54, 1.807) is 10.9 Å². The van der Waals surface area contributed by atoms with E-state index in [1.165, 1.54) is 0 Å². The predicted octanol–water partition coefficient (Wildman–Crippen LogP) is 1.67. The average Bonchev–Trinajstić information content (AvgIpc) is 2.83. The minimum Gasteiger partial charge on any atom is -0.430 e. The first-order valence-corrected chi connectivity index (χ1v) is 5.35. The number of hydrogen-bond donors (Lipinski definition) is 1. The lowest BCUT2D eigenvalue weighted by atomic mass is 10.4. The van der Waals surface area contributed by atoms with Crippen molar-refractivity contribution in [2.24, 2.45) is 0 Å². The summed E-state index contributed by atoms with van der Waals surface area (Å²) >= 11 is 0. The molecule has 0 atom stereocenters. The number of oxazole rings is 1. The Kier molecular flexibility index (Phi) is 3.05. The maximum atomic E-state index is 5.35. The molecule has 2 rings (SSSR count). The van der Waals surface area contributed by atoms with E-state index in [2.05, 4.69) is 29.2 Å². The number of aryl methyl sites for hydroxylation is 1. The smallest absolute Gasteiger partial charge is 0.322 e. The van der Waals surface area contributed by atoms with Crippen molar-refractivity contribution >= 4 is 0 Å². The Hall–Kier alpha value is -1.62. The lowest BCUT2D eigenvalue weighted by Crippen LogP contribution is -2.21. The SMILES string of the molecule is Cc1ccn(-c2nc(CNC(C)C)co2)n1. The molecule has 2 aromatic rings. The first kappa shape index (κ1) is 10.9. The molecule has 0 radical (unpaired) electrons. The molecule has 0 amide bonds. The molecule has 5 heteroatoms. The molecule has 2 heterocycles. The van der Waals surface area contributed by atoms with Crippen LogP contribution >= 0.6 is 0 Å². The minimum absolute atomic E-state index is 0.437. The third-order valence-corrected chi connectivity index (χ3v) is 2.15. The fraction of sp³-hybridized carbons (Fsp3) is 0.455. The fourth-order valence-electron chi connectivity index (χ4n) is 1.31. The predicted molar refractivity (Wildman–Crippen MR) is 60.3 cm³/mol. The van der Waals surface area contributed by atoms with E-state index >= 15 is 0 Å². The van der Waals surface area contributed by atoms with Gasteiger partial charge >= 0.3 is 6.01 Å². The normalized spacial score (nSPS) is 11.2. The summed E-state index contributed by atoms with van der Waals surface area (Å²) in [5, 5.41) is 7.51. The number of aromatic nitrogens is 3. The highest BCUT2D eigenvalue weighted by Crippen LogP contribution is 2.07. The van der Waals surface area contributed by atoms with Gasteiger partial charge in [0.15, 0.2) is 0 Å². The van der Waals surface area contributed by atoms with Gasteiger partial charge in [-0.05, 0) is 13.0 Å². The quantitative estimate of drug-likeness (QED) is 0.851. The summed E-state index contributed by atoms with van der Waals surface area (Å²) in [4.78, 5) is 4.34. The van der Waals surface area contributed by atoms with Crippen LogP contribution in [0.25, 0.3) is 6.01 Å². The summed E-state index contributed by atoms with van der Waals surface area (Å²) in [6.07, 6.45) is 3.49. The van der Waals surface area contributed by atoms with Crippen LogP contribution in [0.1, 0.15) is 25.2 Å². The van der Waals surface area contributed by atoms with Crippen molar-refractivity contribution in [1.29, 1.82) is 0 Å². The standard InChI is InChI=1S/C11H16N4O/c1-8(2)12-6-10-7-16-11(13-10)15-5-4-9(3)14-15/h4-5,7-8,12H,6H2,1-3H3. The van der Waals surface area contributed by atoms with Crippen LogP contribution < -0.4 is 5.32 Å². The van der Waals surface area contributed by atoms with E-state index in [9.17, 15) is 0 Å². The molecular formula is C11H16N4O. The molecule has 0 fully saturated rings. The van der Waals surface area contributed by atoms with Gasteiger partial charge in [0.2, 0.25) is 0 Å². The molecule has 86 valence electrons. The minimum atomic E-state index is 0.437. The molecule has 0 bridgehead atoms.